The van der Waals surface area contributed by atoms with E-state index in [1.807, 2.05) is 12.1 Å². The summed E-state index contributed by atoms with van der Waals surface area (Å²) >= 11 is 11.7. The maximum atomic E-state index is 5.83. The van der Waals surface area contributed by atoms with Crippen molar-refractivity contribution in [1.82, 2.24) is 10.3 Å². The van der Waals surface area contributed by atoms with E-state index >= 15 is 0 Å². The third-order valence-corrected chi connectivity index (χ3v) is 3.65. The highest BCUT2D eigenvalue weighted by Crippen LogP contribution is 2.39. The zero-order valence-electron chi connectivity index (χ0n) is 9.39. The lowest BCUT2D eigenvalue weighted by Crippen LogP contribution is -2.36. The molecule has 88 valence electrons. The van der Waals surface area contributed by atoms with Crippen molar-refractivity contribution in [3.63, 3.8) is 0 Å². The van der Waals surface area contributed by atoms with Crippen molar-refractivity contribution in [2.24, 2.45) is 5.41 Å². The minimum Gasteiger partial charge on any atom is -0.312 e. The third-order valence-electron chi connectivity index (χ3n) is 3.26. The topological polar surface area (TPSA) is 24.9 Å². The summed E-state index contributed by atoms with van der Waals surface area (Å²) in [6, 6.07) is 3.70. The van der Waals surface area contributed by atoms with Crippen LogP contribution in [0.1, 0.15) is 31.7 Å². The summed E-state index contributed by atoms with van der Waals surface area (Å²) in [6.45, 7) is 4.19. The average Bonchev–Trinajstić information content (AvgIpc) is 2.13. The lowest BCUT2D eigenvalue weighted by Gasteiger charge is -2.38. The Hall–Kier alpha value is -0.310. The van der Waals surface area contributed by atoms with E-state index in [9.17, 15) is 0 Å². The Morgan fingerprint density at radius 2 is 1.94 bits per heavy atom. The lowest BCUT2D eigenvalue weighted by molar-refractivity contribution is 0.156. The minimum absolute atomic E-state index is 0.458. The van der Waals surface area contributed by atoms with Gasteiger partial charge in [0.05, 0.1) is 0 Å². The molecule has 1 fully saturated rings. The summed E-state index contributed by atoms with van der Waals surface area (Å²) in [4.78, 5) is 3.92. The molecule has 1 aliphatic rings. The van der Waals surface area contributed by atoms with Gasteiger partial charge < -0.3 is 5.32 Å². The summed E-state index contributed by atoms with van der Waals surface area (Å²) in [5, 5.41) is 4.37. The molecule has 0 saturated heterocycles. The first kappa shape index (κ1) is 12.2. The summed E-state index contributed by atoms with van der Waals surface area (Å²) in [7, 11) is 0. The van der Waals surface area contributed by atoms with Gasteiger partial charge in [0, 0.05) is 13.1 Å². The molecule has 4 heteroatoms. The van der Waals surface area contributed by atoms with Gasteiger partial charge in [-0.1, -0.05) is 36.5 Å². The van der Waals surface area contributed by atoms with Gasteiger partial charge in [-0.3, -0.25) is 0 Å². The zero-order chi connectivity index (χ0) is 11.6. The Morgan fingerprint density at radius 1 is 1.31 bits per heavy atom. The van der Waals surface area contributed by atoms with Gasteiger partial charge in [0.1, 0.15) is 10.3 Å². The molecule has 0 aliphatic heterocycles. The fourth-order valence-corrected chi connectivity index (χ4v) is 2.59. The fourth-order valence-electron chi connectivity index (χ4n) is 2.08. The molecule has 0 bridgehead atoms. The van der Waals surface area contributed by atoms with Gasteiger partial charge in [0.15, 0.2) is 0 Å². The number of halogens is 2. The summed E-state index contributed by atoms with van der Waals surface area (Å²) in [5.41, 5.74) is 1.59. The molecule has 1 N–H and O–H groups in total. The molecule has 0 aromatic carbocycles. The van der Waals surface area contributed by atoms with E-state index in [0.717, 1.165) is 18.7 Å². The Morgan fingerprint density at radius 3 is 2.44 bits per heavy atom. The maximum Gasteiger partial charge on any atom is 0.131 e. The van der Waals surface area contributed by atoms with Crippen molar-refractivity contribution in [2.75, 3.05) is 6.54 Å². The first-order chi connectivity index (χ1) is 7.57. The van der Waals surface area contributed by atoms with Crippen molar-refractivity contribution >= 4 is 23.2 Å². The van der Waals surface area contributed by atoms with Crippen molar-refractivity contribution < 1.29 is 0 Å². The van der Waals surface area contributed by atoms with Gasteiger partial charge in [-0.15, -0.1) is 0 Å². The summed E-state index contributed by atoms with van der Waals surface area (Å²) < 4.78 is 0. The van der Waals surface area contributed by atoms with Crippen molar-refractivity contribution in [3.05, 3.63) is 28.0 Å². The molecular formula is C12H16Cl2N2. The van der Waals surface area contributed by atoms with E-state index < -0.39 is 0 Å². The van der Waals surface area contributed by atoms with Crippen LogP contribution in [0.25, 0.3) is 0 Å². The Balaban J connectivity index is 1.84. The molecule has 0 radical (unpaired) electrons. The van der Waals surface area contributed by atoms with E-state index in [4.69, 9.17) is 23.2 Å². The van der Waals surface area contributed by atoms with E-state index in [1.165, 1.54) is 19.3 Å². The molecular weight excluding hydrogens is 243 g/mol. The highest BCUT2D eigenvalue weighted by atomic mass is 35.5. The van der Waals surface area contributed by atoms with Gasteiger partial charge in [-0.05, 0) is 36.0 Å². The zero-order valence-corrected chi connectivity index (χ0v) is 10.9. The number of pyridine rings is 1. The van der Waals surface area contributed by atoms with E-state index in [1.54, 1.807) is 0 Å². The Bertz CT molecular complexity index is 355. The molecule has 16 heavy (non-hydrogen) atoms. The molecule has 0 atom stereocenters. The molecule has 1 aliphatic carbocycles. The summed E-state index contributed by atoms with van der Waals surface area (Å²) in [5.74, 6) is 0. The second kappa shape index (κ2) is 4.91. The largest absolute Gasteiger partial charge is 0.312 e. The van der Waals surface area contributed by atoms with E-state index in [-0.39, 0.29) is 0 Å². The number of nitrogens with one attached hydrogen (secondary N) is 1. The van der Waals surface area contributed by atoms with Crippen LogP contribution in [0, 0.1) is 5.41 Å². The maximum absolute atomic E-state index is 5.83. The van der Waals surface area contributed by atoms with Crippen molar-refractivity contribution in [1.29, 1.82) is 0 Å². The molecule has 0 unspecified atom stereocenters. The highest BCUT2D eigenvalue weighted by molar-refractivity contribution is 6.32. The minimum atomic E-state index is 0.458. The van der Waals surface area contributed by atoms with Crippen LogP contribution in [-0.2, 0) is 6.54 Å². The second-order valence-electron chi connectivity index (χ2n) is 4.89. The van der Waals surface area contributed by atoms with Crippen molar-refractivity contribution in [2.45, 2.75) is 32.7 Å². The van der Waals surface area contributed by atoms with Crippen LogP contribution < -0.4 is 5.32 Å². The Kier molecular flexibility index (Phi) is 3.73. The van der Waals surface area contributed by atoms with Crippen LogP contribution in [0.2, 0.25) is 10.3 Å². The first-order valence-corrected chi connectivity index (χ1v) is 6.36. The molecule has 2 nitrogen and oxygen atoms in total. The lowest BCUT2D eigenvalue weighted by atomic mass is 9.70. The van der Waals surface area contributed by atoms with Crippen LogP contribution >= 0.6 is 23.2 Å². The second-order valence-corrected chi connectivity index (χ2v) is 5.66. The number of aromatic nitrogens is 1. The van der Waals surface area contributed by atoms with Gasteiger partial charge in [-0.2, -0.15) is 0 Å². The van der Waals surface area contributed by atoms with Crippen LogP contribution in [-0.4, -0.2) is 11.5 Å². The van der Waals surface area contributed by atoms with Crippen LogP contribution in [0.5, 0.6) is 0 Å². The number of rotatable bonds is 4. The molecule has 0 spiro atoms. The predicted octanol–water partition coefficient (Wildman–Crippen LogP) is 3.67. The normalized spacial score (nSPS) is 18.2. The van der Waals surface area contributed by atoms with E-state index in [2.05, 4.69) is 17.2 Å². The molecule has 1 saturated carbocycles. The molecule has 2 rings (SSSR count). The highest BCUT2D eigenvalue weighted by Gasteiger charge is 2.30. The third kappa shape index (κ3) is 3.09. The van der Waals surface area contributed by atoms with Gasteiger partial charge in [-0.25, -0.2) is 4.98 Å². The smallest absolute Gasteiger partial charge is 0.131 e. The first-order valence-electron chi connectivity index (χ1n) is 5.60. The molecule has 1 heterocycles. The fraction of sp³-hybridized carbons (Fsp3) is 0.583. The van der Waals surface area contributed by atoms with Gasteiger partial charge in [0.25, 0.3) is 0 Å². The molecule has 0 amide bonds. The average molecular weight is 259 g/mol. The van der Waals surface area contributed by atoms with Crippen LogP contribution in [0.15, 0.2) is 12.1 Å². The quantitative estimate of drug-likeness (QED) is 0.834. The van der Waals surface area contributed by atoms with Gasteiger partial charge >= 0.3 is 0 Å². The van der Waals surface area contributed by atoms with Gasteiger partial charge in [0.2, 0.25) is 0 Å². The monoisotopic (exact) mass is 258 g/mol. The van der Waals surface area contributed by atoms with E-state index in [0.29, 0.717) is 15.7 Å². The van der Waals surface area contributed by atoms with Crippen LogP contribution in [0.3, 0.4) is 0 Å². The Labute approximate surface area is 106 Å². The van der Waals surface area contributed by atoms with Crippen molar-refractivity contribution in [3.8, 4) is 0 Å². The SMILES string of the molecule is CC1(CNCc2cc(Cl)nc(Cl)c2)CCC1. The van der Waals surface area contributed by atoms with Crippen LogP contribution in [0.4, 0.5) is 0 Å². The predicted molar refractivity (Wildman–Crippen MR) is 67.9 cm³/mol. The standard InChI is InChI=1S/C12H16Cl2N2/c1-12(3-2-4-12)8-15-7-9-5-10(13)16-11(14)6-9/h5-6,15H,2-4,7-8H2,1H3. The number of hydrogen-bond donors (Lipinski definition) is 1. The number of nitrogens with zero attached hydrogens (tertiary/aromatic N) is 1. The molecule has 1 aromatic rings. The number of hydrogen-bond acceptors (Lipinski definition) is 2. The summed E-state index contributed by atoms with van der Waals surface area (Å²) in [6.07, 6.45) is 4.03. The molecule has 1 aromatic heterocycles.